The second-order valence-corrected chi connectivity index (χ2v) is 7.20. The Hall–Kier alpha value is -1.09. The van der Waals surface area contributed by atoms with Gasteiger partial charge in [-0.1, -0.05) is 23.2 Å². The lowest BCUT2D eigenvalue weighted by Gasteiger charge is -2.09. The number of thiophene rings is 1. The largest absolute Gasteiger partial charge is 0.478 e. The molecule has 6 nitrogen and oxygen atoms in total. The van der Waals surface area contributed by atoms with Crippen molar-refractivity contribution in [3.05, 3.63) is 27.3 Å². The van der Waals surface area contributed by atoms with Gasteiger partial charge < -0.3 is 4.74 Å². The van der Waals surface area contributed by atoms with Crippen LogP contribution in [-0.4, -0.2) is 25.5 Å². The summed E-state index contributed by atoms with van der Waals surface area (Å²) in [4.78, 5) is 7.98. The number of aryl methyl sites for hydroxylation is 1. The summed E-state index contributed by atoms with van der Waals surface area (Å²) < 4.78 is 31.6. The van der Waals surface area contributed by atoms with Gasteiger partial charge in [-0.25, -0.2) is 18.4 Å². The van der Waals surface area contributed by atoms with E-state index in [0.29, 0.717) is 5.69 Å². The average molecular weight is 354 g/mol. The molecule has 0 aliphatic heterocycles. The molecule has 0 amide bonds. The number of rotatable bonds is 4. The Morgan fingerprint density at radius 3 is 2.65 bits per heavy atom. The van der Waals surface area contributed by atoms with Gasteiger partial charge in [0.05, 0.1) is 29.0 Å². The van der Waals surface area contributed by atoms with Crippen LogP contribution in [0, 0.1) is 6.92 Å². The third-order valence-corrected chi connectivity index (χ3v) is 6.20. The lowest BCUT2D eigenvalue weighted by molar-refractivity contribution is 0.397. The molecule has 1 N–H and O–H groups in total. The van der Waals surface area contributed by atoms with Gasteiger partial charge in [-0.05, 0) is 6.92 Å². The molecule has 108 valence electrons. The van der Waals surface area contributed by atoms with E-state index < -0.39 is 10.0 Å². The third-order valence-electron chi connectivity index (χ3n) is 2.19. The minimum atomic E-state index is -3.90. The summed E-state index contributed by atoms with van der Waals surface area (Å²) in [6, 6.07) is 0. The first-order valence-electron chi connectivity index (χ1n) is 5.18. The van der Waals surface area contributed by atoms with E-state index in [4.69, 9.17) is 27.9 Å². The summed E-state index contributed by atoms with van der Waals surface area (Å²) in [5, 5.41) is 1.60. The predicted octanol–water partition coefficient (Wildman–Crippen LogP) is 2.96. The Labute approximate surface area is 129 Å². The number of hydrogen-bond acceptors (Lipinski definition) is 6. The molecule has 0 aliphatic carbocycles. The number of sulfonamides is 1. The lowest BCUT2D eigenvalue weighted by Crippen LogP contribution is -2.14. The summed E-state index contributed by atoms with van der Waals surface area (Å²) in [6.45, 7) is 1.71. The molecular weight excluding hydrogens is 345 g/mol. The van der Waals surface area contributed by atoms with Gasteiger partial charge in [0.1, 0.15) is 0 Å². The van der Waals surface area contributed by atoms with Gasteiger partial charge in [-0.2, -0.15) is 0 Å². The smallest absolute Gasteiger partial charge is 0.274 e. The molecule has 2 aromatic rings. The number of ether oxygens (including phenoxy) is 1. The van der Waals surface area contributed by atoms with Gasteiger partial charge in [0.15, 0.2) is 4.21 Å². The van der Waals surface area contributed by atoms with E-state index in [9.17, 15) is 8.42 Å². The van der Waals surface area contributed by atoms with Gasteiger partial charge in [-0.15, -0.1) is 11.3 Å². The Morgan fingerprint density at radius 1 is 1.40 bits per heavy atom. The van der Waals surface area contributed by atoms with Crippen LogP contribution in [-0.2, 0) is 10.0 Å². The summed E-state index contributed by atoms with van der Waals surface area (Å²) in [7, 11) is -2.53. The minimum Gasteiger partial charge on any atom is -0.478 e. The van der Waals surface area contributed by atoms with Gasteiger partial charge in [0.25, 0.3) is 15.9 Å². The average Bonchev–Trinajstić information content (AvgIpc) is 2.72. The van der Waals surface area contributed by atoms with E-state index in [-0.39, 0.29) is 26.0 Å². The highest BCUT2D eigenvalue weighted by Gasteiger charge is 2.24. The van der Waals surface area contributed by atoms with E-state index >= 15 is 0 Å². The summed E-state index contributed by atoms with van der Waals surface area (Å²) >= 11 is 12.5. The molecule has 0 spiro atoms. The Kier molecular flexibility index (Phi) is 4.38. The molecule has 20 heavy (non-hydrogen) atoms. The molecule has 0 radical (unpaired) electrons. The molecule has 0 saturated carbocycles. The summed E-state index contributed by atoms with van der Waals surface area (Å²) in [6.07, 6.45) is 1.42. The normalized spacial score (nSPS) is 11.4. The van der Waals surface area contributed by atoms with Crippen LogP contribution in [0.15, 0.2) is 15.8 Å². The van der Waals surface area contributed by atoms with Crippen molar-refractivity contribution in [1.29, 1.82) is 0 Å². The van der Waals surface area contributed by atoms with Crippen LogP contribution in [0.4, 0.5) is 5.82 Å². The molecule has 0 atom stereocenters. The number of nitrogens with zero attached hydrogens (tertiary/aromatic N) is 2. The lowest BCUT2D eigenvalue weighted by atomic mass is 10.5. The van der Waals surface area contributed by atoms with Crippen LogP contribution in [0.1, 0.15) is 5.69 Å². The monoisotopic (exact) mass is 353 g/mol. The standard InChI is InChI=1S/C10H9Cl2N3O3S2/c1-5-3-13-8(9(14-5)18-2)15-20(16,17)10-7(12)6(11)4-19-10/h3-4H,1-2H3,(H,13,15). The van der Waals surface area contributed by atoms with Crippen molar-refractivity contribution in [2.75, 3.05) is 11.8 Å². The fraction of sp³-hybridized carbons (Fsp3) is 0.200. The van der Waals surface area contributed by atoms with Crippen LogP contribution in [0.25, 0.3) is 0 Å². The number of nitrogens with one attached hydrogen (secondary N) is 1. The van der Waals surface area contributed by atoms with Crippen molar-refractivity contribution in [3.63, 3.8) is 0 Å². The second-order valence-electron chi connectivity index (χ2n) is 3.66. The SMILES string of the molecule is COc1nc(C)cnc1NS(=O)(=O)c1scc(Cl)c1Cl. The predicted molar refractivity (Wildman–Crippen MR) is 78.5 cm³/mol. The maximum absolute atomic E-state index is 12.2. The molecule has 0 fully saturated rings. The van der Waals surface area contributed by atoms with Crippen LogP contribution < -0.4 is 9.46 Å². The second kappa shape index (κ2) is 5.72. The number of anilines is 1. The van der Waals surface area contributed by atoms with Crippen molar-refractivity contribution < 1.29 is 13.2 Å². The van der Waals surface area contributed by atoms with E-state index in [1.54, 1.807) is 6.92 Å². The van der Waals surface area contributed by atoms with Gasteiger partial charge in [0.2, 0.25) is 5.82 Å². The number of methoxy groups -OCH3 is 1. The number of halogens is 2. The third kappa shape index (κ3) is 2.98. The fourth-order valence-corrected chi connectivity index (χ4v) is 4.38. The number of hydrogen-bond donors (Lipinski definition) is 1. The topological polar surface area (TPSA) is 81.2 Å². The molecular formula is C10H9Cl2N3O3S2. The van der Waals surface area contributed by atoms with Crippen molar-refractivity contribution in [1.82, 2.24) is 9.97 Å². The zero-order valence-electron chi connectivity index (χ0n) is 10.3. The summed E-state index contributed by atoms with van der Waals surface area (Å²) in [5.41, 5.74) is 0.599. The van der Waals surface area contributed by atoms with E-state index in [0.717, 1.165) is 11.3 Å². The Morgan fingerprint density at radius 2 is 2.10 bits per heavy atom. The summed E-state index contributed by atoms with van der Waals surface area (Å²) in [5.74, 6) is 0.0611. The van der Waals surface area contributed by atoms with Crippen LogP contribution in [0.2, 0.25) is 10.0 Å². The van der Waals surface area contributed by atoms with Gasteiger partial charge in [-0.3, -0.25) is 4.72 Å². The van der Waals surface area contributed by atoms with E-state index in [1.807, 2.05) is 0 Å². The first kappa shape index (κ1) is 15.3. The van der Waals surface area contributed by atoms with Gasteiger partial charge in [0, 0.05) is 5.38 Å². The van der Waals surface area contributed by atoms with Gasteiger partial charge >= 0.3 is 0 Å². The Balaban J connectivity index is 2.41. The zero-order chi connectivity index (χ0) is 14.9. The zero-order valence-corrected chi connectivity index (χ0v) is 13.5. The quantitative estimate of drug-likeness (QED) is 0.913. The molecule has 0 bridgehead atoms. The highest BCUT2D eigenvalue weighted by Crippen LogP contribution is 2.36. The highest BCUT2D eigenvalue weighted by atomic mass is 35.5. The highest BCUT2D eigenvalue weighted by molar-refractivity contribution is 7.94. The first-order valence-corrected chi connectivity index (χ1v) is 8.30. The van der Waals surface area contributed by atoms with Crippen LogP contribution >= 0.6 is 34.5 Å². The maximum atomic E-state index is 12.2. The van der Waals surface area contributed by atoms with Crippen molar-refractivity contribution >= 4 is 50.4 Å². The minimum absolute atomic E-state index is 0.0151. The van der Waals surface area contributed by atoms with Crippen molar-refractivity contribution in [2.24, 2.45) is 0 Å². The fourth-order valence-electron chi connectivity index (χ4n) is 1.33. The van der Waals surface area contributed by atoms with E-state index in [2.05, 4.69) is 14.7 Å². The molecule has 0 aliphatic rings. The van der Waals surface area contributed by atoms with Crippen molar-refractivity contribution in [2.45, 2.75) is 11.1 Å². The Bertz CT molecular complexity index is 746. The molecule has 10 heteroatoms. The van der Waals surface area contributed by atoms with Crippen LogP contribution in [0.3, 0.4) is 0 Å². The molecule has 0 saturated heterocycles. The molecule has 0 aromatic carbocycles. The molecule has 2 aromatic heterocycles. The van der Waals surface area contributed by atoms with Crippen LogP contribution in [0.5, 0.6) is 5.88 Å². The van der Waals surface area contributed by atoms with Crippen molar-refractivity contribution in [3.8, 4) is 5.88 Å². The number of aromatic nitrogens is 2. The van der Waals surface area contributed by atoms with E-state index in [1.165, 1.54) is 18.7 Å². The molecule has 2 rings (SSSR count). The molecule has 2 heterocycles. The maximum Gasteiger partial charge on any atom is 0.274 e. The molecule has 0 unspecified atom stereocenters. The first-order chi connectivity index (χ1) is 9.35.